The van der Waals surface area contributed by atoms with Crippen LogP contribution in [0.3, 0.4) is 0 Å². The quantitative estimate of drug-likeness (QED) is 0.0637. The Bertz CT molecular complexity index is 3860. The average Bonchev–Trinajstić information content (AvgIpc) is 1.72. The predicted octanol–water partition coefficient (Wildman–Crippen LogP) is 14.3. The Labute approximate surface area is 552 Å². The van der Waals surface area contributed by atoms with Gasteiger partial charge in [0.1, 0.15) is 49.1 Å². The van der Waals surface area contributed by atoms with Crippen molar-refractivity contribution >= 4 is 101 Å². The lowest BCUT2D eigenvalue weighted by atomic mass is 9.88. The average molecular weight is 1370 g/mol. The van der Waals surface area contributed by atoms with Crippen LogP contribution in [0.1, 0.15) is 111 Å². The van der Waals surface area contributed by atoms with E-state index in [-0.39, 0.29) is 74.0 Å². The van der Waals surface area contributed by atoms with E-state index in [9.17, 15) is 26.4 Å². The predicted molar refractivity (Wildman–Crippen MR) is 348 cm³/mol. The number of carbonyl (C=O) groups excluding carboxylic acids is 2. The zero-order valence-electron chi connectivity index (χ0n) is 49.5. The number of halogens is 6. The minimum Gasteiger partial charge on any atom is -0.358 e. The monoisotopic (exact) mass is 1370 g/mol. The minimum absolute atomic E-state index is 0.00462. The summed E-state index contributed by atoms with van der Waals surface area (Å²) in [5.74, 6) is -1.88. The lowest BCUT2D eigenvalue weighted by Gasteiger charge is -2.49. The molecule has 26 heteroatoms. The van der Waals surface area contributed by atoms with Gasteiger partial charge in [-0.1, -0.05) is 119 Å². The Balaban J connectivity index is 0.000000168. The number of amides is 2. The molecule has 92 heavy (non-hydrogen) atoms. The van der Waals surface area contributed by atoms with E-state index in [0.717, 1.165) is 47.9 Å². The molecule has 2 saturated heterocycles. The number of benzene rings is 6. The maximum Gasteiger partial charge on any atom is 0.253 e. The van der Waals surface area contributed by atoms with Crippen molar-refractivity contribution in [3.63, 3.8) is 0 Å². The normalized spacial score (nSPS) is 23.8. The van der Waals surface area contributed by atoms with E-state index in [1.807, 2.05) is 60.7 Å². The molecule has 18 nitrogen and oxygen atoms in total. The van der Waals surface area contributed by atoms with Crippen LogP contribution in [0.25, 0.3) is 0 Å². The fourth-order valence-corrected chi connectivity index (χ4v) is 17.2. The van der Waals surface area contributed by atoms with Crippen LogP contribution in [0, 0.1) is 23.5 Å². The summed E-state index contributed by atoms with van der Waals surface area (Å²) in [5, 5.41) is 24.4. The fraction of sp³-hybridized carbons (Fsp3) is 0.394. The smallest absolute Gasteiger partial charge is 0.253 e. The van der Waals surface area contributed by atoms with E-state index >= 15 is 8.78 Å². The third kappa shape index (κ3) is 13.9. The number of rotatable bonds is 22. The van der Waals surface area contributed by atoms with Gasteiger partial charge in [-0.2, -0.15) is 10.2 Å². The van der Waals surface area contributed by atoms with Gasteiger partial charge in [-0.25, -0.2) is 25.6 Å². The molecule has 0 radical (unpaired) electrons. The summed E-state index contributed by atoms with van der Waals surface area (Å²) < 4.78 is 102. The molecule has 0 aromatic heterocycles. The van der Waals surface area contributed by atoms with Gasteiger partial charge in [0.25, 0.3) is 11.8 Å². The van der Waals surface area contributed by atoms with Crippen LogP contribution in [0.2, 0.25) is 20.1 Å². The molecule has 4 heterocycles. The molecular formula is C66H64Cl4F2N10O8S2. The van der Waals surface area contributed by atoms with Gasteiger partial charge < -0.3 is 19.3 Å². The fourth-order valence-electron chi connectivity index (χ4n) is 12.8. The molecule has 480 valence electrons. The molecule has 0 spiro atoms. The summed E-state index contributed by atoms with van der Waals surface area (Å²) in [7, 11) is -7.81. The van der Waals surface area contributed by atoms with E-state index in [1.54, 1.807) is 58.3 Å². The van der Waals surface area contributed by atoms with Crippen LogP contribution in [0.15, 0.2) is 176 Å². The highest BCUT2D eigenvalue weighted by Crippen LogP contribution is 2.52. The Kier molecular flexibility index (Phi) is 18.7. The van der Waals surface area contributed by atoms with Crippen LogP contribution >= 0.6 is 46.4 Å². The summed E-state index contributed by atoms with van der Waals surface area (Å²) >= 11 is 25.5. The largest absolute Gasteiger partial charge is 0.358 e. The van der Waals surface area contributed by atoms with Crippen molar-refractivity contribution in [3.8, 4) is 0 Å². The van der Waals surface area contributed by atoms with Crippen molar-refractivity contribution in [1.29, 1.82) is 0 Å². The highest BCUT2D eigenvalue weighted by molar-refractivity contribution is 7.94. The molecule has 0 unspecified atom stereocenters. The van der Waals surface area contributed by atoms with Crippen molar-refractivity contribution in [1.82, 2.24) is 9.80 Å². The van der Waals surface area contributed by atoms with E-state index in [4.69, 9.17) is 55.9 Å². The Morgan fingerprint density at radius 1 is 0.478 bits per heavy atom. The third-order valence-corrected chi connectivity index (χ3v) is 23.5. The number of sulfonamides is 2. The topological polar surface area (TPSA) is 208 Å². The minimum atomic E-state index is -3.91. The second kappa shape index (κ2) is 26.9. The number of hydrogen-bond donors (Lipinski definition) is 0. The first-order valence-corrected chi connectivity index (χ1v) is 35.3. The number of para-hydroxylation sites is 2. The van der Waals surface area contributed by atoms with Gasteiger partial charge in [-0.15, -0.1) is 10.2 Å². The number of nitrogens with zero attached hydrogens (tertiary/aromatic N) is 10. The molecule has 14 rings (SSSR count). The third-order valence-electron chi connectivity index (χ3n) is 18.0. The molecule has 0 bridgehead atoms. The number of anilines is 2. The maximum absolute atomic E-state index is 15.4. The molecular weight excluding hydrogens is 1300 g/mol. The summed E-state index contributed by atoms with van der Waals surface area (Å²) in [6, 6.07) is 38.4. The van der Waals surface area contributed by atoms with Gasteiger partial charge >= 0.3 is 0 Å². The molecule has 4 aliphatic carbocycles. The molecule has 8 atom stereocenters. The van der Waals surface area contributed by atoms with Crippen molar-refractivity contribution in [3.05, 3.63) is 200 Å². The van der Waals surface area contributed by atoms with Crippen LogP contribution in [0.5, 0.6) is 0 Å². The summed E-state index contributed by atoms with van der Waals surface area (Å²) in [5.41, 5.74) is 4.22. The van der Waals surface area contributed by atoms with E-state index in [1.165, 1.54) is 45.0 Å². The lowest BCUT2D eigenvalue weighted by Crippen LogP contribution is -2.59. The molecule has 2 amide bonds. The molecule has 6 fully saturated rings. The van der Waals surface area contributed by atoms with Crippen molar-refractivity contribution < 1.29 is 44.7 Å². The first kappa shape index (κ1) is 64.0. The summed E-state index contributed by atoms with van der Waals surface area (Å²) in [6.07, 6.45) is 2.35. The number of morpholine rings is 2. The second-order valence-corrected chi connectivity index (χ2v) is 30.5. The van der Waals surface area contributed by atoms with Crippen molar-refractivity contribution in [2.45, 2.75) is 123 Å². The summed E-state index contributed by atoms with van der Waals surface area (Å²) in [6.45, 7) is 0.340. The van der Waals surface area contributed by atoms with E-state index in [0.29, 0.717) is 57.2 Å². The molecule has 6 aromatic rings. The second-order valence-electron chi connectivity index (χ2n) is 24.5. The van der Waals surface area contributed by atoms with Crippen molar-refractivity contribution in [2.24, 2.45) is 42.7 Å². The number of carbonyl (C=O) groups is 2. The van der Waals surface area contributed by atoms with Gasteiger partial charge in [0.05, 0.1) is 70.6 Å². The molecule has 4 aliphatic heterocycles. The van der Waals surface area contributed by atoms with E-state index < -0.39 is 90.8 Å². The maximum atomic E-state index is 15.4. The first-order valence-electron chi connectivity index (χ1n) is 30.7. The molecule has 6 aromatic carbocycles. The SMILES string of the molecule is O=C1[C@@H](CC2=NN=NC2)O[C@H](c2cccc(Cl)c2)[C@@H](c2ccc(Cl)cc2)N1[C@H](CN(c1ccccc1F)S(=O)(=O)C1CC1)C1CC1.O=C1[C@H](CC2=NN=NC2)O[C@H](c2cccc(Cl)c2)[C@@H](c2ccc(Cl)cc2)N1[C@H](CN(c1ccccc1F)S(=O)(=O)C1CC1)C1CC1. The highest BCUT2D eigenvalue weighted by atomic mass is 35.5. The first-order chi connectivity index (χ1) is 44.4. The van der Waals surface area contributed by atoms with Crippen LogP contribution in [-0.4, -0.2) is 111 Å². The Morgan fingerprint density at radius 3 is 1.18 bits per heavy atom. The molecule has 0 N–H and O–H groups in total. The highest BCUT2D eigenvalue weighted by Gasteiger charge is 2.55. The van der Waals surface area contributed by atoms with Crippen LogP contribution < -0.4 is 8.61 Å². The van der Waals surface area contributed by atoms with Crippen LogP contribution in [-0.2, 0) is 39.1 Å². The van der Waals surface area contributed by atoms with Gasteiger partial charge in [-0.3, -0.25) is 18.2 Å². The van der Waals surface area contributed by atoms with Gasteiger partial charge in [0.15, 0.2) is 0 Å². The standard InChI is InChI=1S/2C33H32Cl2FN5O4S/c2*34-23-12-10-21(11-13-23)31-32(22-4-3-5-24(35)16-22)45-30(17-25-18-37-39-38-25)33(42)41(31)29(20-8-9-20)19-40(46(43,44)26-14-15-26)28-7-2-1-6-27(28)36/h2*1-7,10-13,16,20,26,29-32H,8-9,14-15,17-19H2/t29-,30+,31-,32-;29-,30-,31-,32-/m11/s1. The van der Waals surface area contributed by atoms with Gasteiger partial charge in [-0.05, 0) is 169 Å². The van der Waals surface area contributed by atoms with E-state index in [2.05, 4.69) is 30.9 Å². The van der Waals surface area contributed by atoms with Gasteiger partial charge in [0, 0.05) is 32.9 Å². The summed E-state index contributed by atoms with van der Waals surface area (Å²) in [4.78, 5) is 33.1. The molecule has 4 saturated carbocycles. The Morgan fingerprint density at radius 2 is 0.859 bits per heavy atom. The molecule has 8 aliphatic rings. The van der Waals surface area contributed by atoms with Crippen LogP contribution in [0.4, 0.5) is 20.2 Å². The van der Waals surface area contributed by atoms with Crippen molar-refractivity contribution in [2.75, 3.05) is 34.8 Å². The number of ether oxygens (including phenoxy) is 2. The zero-order chi connectivity index (χ0) is 64.0. The zero-order valence-corrected chi connectivity index (χ0v) is 54.2. The Hall–Kier alpha value is -6.76. The van der Waals surface area contributed by atoms with Gasteiger partial charge in [0.2, 0.25) is 20.0 Å². The lowest BCUT2D eigenvalue weighted by molar-refractivity contribution is -0.179. The number of hydrogen-bond acceptors (Lipinski definition) is 14.